The Labute approximate surface area is 125 Å². The summed E-state index contributed by atoms with van der Waals surface area (Å²) in [5, 5.41) is 3.47. The normalized spacial score (nSPS) is 16.0. The molecule has 2 aromatic carbocycles. The maximum Gasteiger partial charge on any atom is 0.161 e. The summed E-state index contributed by atoms with van der Waals surface area (Å²) in [6, 6.07) is 16.4. The minimum absolute atomic E-state index is 0.648. The molecule has 0 spiro atoms. The van der Waals surface area contributed by atoms with Crippen LogP contribution in [0, 0.1) is 0 Å². The van der Waals surface area contributed by atoms with Crippen molar-refractivity contribution >= 4 is 0 Å². The van der Waals surface area contributed by atoms with Gasteiger partial charge in [-0.15, -0.1) is 0 Å². The van der Waals surface area contributed by atoms with Crippen molar-refractivity contribution in [1.29, 1.82) is 0 Å². The van der Waals surface area contributed by atoms with Crippen molar-refractivity contribution in [3.63, 3.8) is 0 Å². The van der Waals surface area contributed by atoms with Crippen molar-refractivity contribution in [1.82, 2.24) is 5.32 Å². The summed E-state index contributed by atoms with van der Waals surface area (Å²) in [5.41, 5.74) is 2.99. The van der Waals surface area contributed by atoms with Crippen LogP contribution in [0.3, 0.4) is 0 Å². The topological polar surface area (TPSA) is 30.5 Å². The van der Waals surface area contributed by atoms with E-state index in [1.807, 2.05) is 24.3 Å². The number of fused-ring (bicyclic) bond motifs is 1. The molecule has 0 heterocycles. The quantitative estimate of drug-likeness (QED) is 0.792. The summed E-state index contributed by atoms with van der Waals surface area (Å²) in [6.45, 7) is 2.51. The Morgan fingerprint density at radius 3 is 2.62 bits per heavy atom. The molecule has 21 heavy (non-hydrogen) atoms. The van der Waals surface area contributed by atoms with E-state index in [-0.39, 0.29) is 0 Å². The van der Waals surface area contributed by atoms with Gasteiger partial charge in [0.2, 0.25) is 0 Å². The highest BCUT2D eigenvalue weighted by molar-refractivity contribution is 5.40. The first kappa shape index (κ1) is 14.0. The SMILES string of the molecule is COc1ccccc1OCCNCC1Cc2ccccc21. The molecule has 0 aliphatic heterocycles. The van der Waals surface area contributed by atoms with Gasteiger partial charge in [0.15, 0.2) is 11.5 Å². The molecular formula is C18H21NO2. The molecule has 2 aromatic rings. The van der Waals surface area contributed by atoms with Gasteiger partial charge >= 0.3 is 0 Å². The van der Waals surface area contributed by atoms with Crippen LogP contribution in [-0.2, 0) is 6.42 Å². The zero-order valence-electron chi connectivity index (χ0n) is 12.3. The molecule has 1 aliphatic carbocycles. The van der Waals surface area contributed by atoms with Gasteiger partial charge in [-0.3, -0.25) is 0 Å². The highest BCUT2D eigenvalue weighted by atomic mass is 16.5. The fraction of sp³-hybridized carbons (Fsp3) is 0.333. The number of hydrogen-bond acceptors (Lipinski definition) is 3. The Kier molecular flexibility index (Phi) is 4.41. The smallest absolute Gasteiger partial charge is 0.161 e. The van der Waals surface area contributed by atoms with E-state index >= 15 is 0 Å². The van der Waals surface area contributed by atoms with Crippen LogP contribution in [0.1, 0.15) is 17.0 Å². The van der Waals surface area contributed by atoms with Crippen LogP contribution in [0.15, 0.2) is 48.5 Å². The standard InChI is InChI=1S/C18H21NO2/c1-20-17-8-4-5-9-18(17)21-11-10-19-13-15-12-14-6-2-3-7-16(14)15/h2-9,15,19H,10-13H2,1H3. The van der Waals surface area contributed by atoms with E-state index in [1.54, 1.807) is 7.11 Å². The predicted molar refractivity (Wildman–Crippen MR) is 84.2 cm³/mol. The third kappa shape index (κ3) is 3.19. The molecule has 1 N–H and O–H groups in total. The minimum Gasteiger partial charge on any atom is -0.493 e. The Hall–Kier alpha value is -2.00. The lowest BCUT2D eigenvalue weighted by molar-refractivity contribution is 0.290. The first-order chi connectivity index (χ1) is 10.4. The van der Waals surface area contributed by atoms with Gasteiger partial charge in [-0.05, 0) is 29.7 Å². The Morgan fingerprint density at radius 2 is 1.81 bits per heavy atom. The lowest BCUT2D eigenvalue weighted by atomic mass is 9.78. The molecule has 0 bridgehead atoms. The van der Waals surface area contributed by atoms with E-state index in [0.717, 1.165) is 24.6 Å². The third-order valence-corrected chi connectivity index (χ3v) is 3.96. The lowest BCUT2D eigenvalue weighted by Gasteiger charge is -2.30. The van der Waals surface area contributed by atoms with Gasteiger partial charge < -0.3 is 14.8 Å². The van der Waals surface area contributed by atoms with E-state index < -0.39 is 0 Å². The second-order valence-electron chi connectivity index (χ2n) is 5.30. The molecule has 0 aromatic heterocycles. The number of hydrogen-bond donors (Lipinski definition) is 1. The molecule has 0 amide bonds. The molecule has 3 rings (SSSR count). The highest BCUT2D eigenvalue weighted by Crippen LogP contribution is 2.33. The Balaban J connectivity index is 1.38. The lowest BCUT2D eigenvalue weighted by Crippen LogP contribution is -2.31. The summed E-state index contributed by atoms with van der Waals surface area (Å²) in [4.78, 5) is 0. The van der Waals surface area contributed by atoms with E-state index in [1.165, 1.54) is 17.5 Å². The summed E-state index contributed by atoms with van der Waals surface area (Å²) in [5.74, 6) is 2.24. The molecule has 110 valence electrons. The van der Waals surface area contributed by atoms with Gasteiger partial charge in [-0.2, -0.15) is 0 Å². The molecule has 1 atom stereocenters. The molecule has 1 aliphatic rings. The predicted octanol–water partition coefficient (Wildman–Crippen LogP) is 3.00. The van der Waals surface area contributed by atoms with Crippen LogP contribution in [-0.4, -0.2) is 26.8 Å². The molecule has 3 heteroatoms. The van der Waals surface area contributed by atoms with Crippen LogP contribution < -0.4 is 14.8 Å². The van der Waals surface area contributed by atoms with Crippen molar-refractivity contribution < 1.29 is 9.47 Å². The highest BCUT2D eigenvalue weighted by Gasteiger charge is 2.24. The zero-order chi connectivity index (χ0) is 14.5. The van der Waals surface area contributed by atoms with Crippen LogP contribution in [0.5, 0.6) is 11.5 Å². The van der Waals surface area contributed by atoms with Gasteiger partial charge in [0, 0.05) is 19.0 Å². The van der Waals surface area contributed by atoms with Crippen molar-refractivity contribution in [3.05, 3.63) is 59.7 Å². The van der Waals surface area contributed by atoms with Crippen LogP contribution in [0.25, 0.3) is 0 Å². The van der Waals surface area contributed by atoms with Gasteiger partial charge in [0.05, 0.1) is 7.11 Å². The number of nitrogens with one attached hydrogen (secondary N) is 1. The summed E-state index contributed by atoms with van der Waals surface area (Å²) in [6.07, 6.45) is 1.19. The molecule has 0 radical (unpaired) electrons. The number of para-hydroxylation sites is 2. The van der Waals surface area contributed by atoms with Crippen molar-refractivity contribution in [2.75, 3.05) is 26.8 Å². The molecular weight excluding hydrogens is 262 g/mol. The van der Waals surface area contributed by atoms with E-state index in [4.69, 9.17) is 9.47 Å². The van der Waals surface area contributed by atoms with Crippen LogP contribution in [0.2, 0.25) is 0 Å². The van der Waals surface area contributed by atoms with Crippen molar-refractivity contribution in [3.8, 4) is 11.5 Å². The van der Waals surface area contributed by atoms with E-state index in [2.05, 4.69) is 29.6 Å². The van der Waals surface area contributed by atoms with Crippen molar-refractivity contribution in [2.45, 2.75) is 12.3 Å². The maximum atomic E-state index is 5.74. The largest absolute Gasteiger partial charge is 0.493 e. The fourth-order valence-corrected chi connectivity index (χ4v) is 2.79. The molecule has 0 fully saturated rings. The van der Waals surface area contributed by atoms with E-state index in [0.29, 0.717) is 12.5 Å². The van der Waals surface area contributed by atoms with Crippen molar-refractivity contribution in [2.24, 2.45) is 0 Å². The zero-order valence-corrected chi connectivity index (χ0v) is 12.3. The number of rotatable bonds is 7. The number of ether oxygens (including phenoxy) is 2. The third-order valence-electron chi connectivity index (χ3n) is 3.96. The molecule has 0 saturated heterocycles. The maximum absolute atomic E-state index is 5.74. The van der Waals surface area contributed by atoms with Gasteiger partial charge in [-0.25, -0.2) is 0 Å². The van der Waals surface area contributed by atoms with E-state index in [9.17, 15) is 0 Å². The average molecular weight is 283 g/mol. The van der Waals surface area contributed by atoms with Gasteiger partial charge in [0.25, 0.3) is 0 Å². The van der Waals surface area contributed by atoms with Crippen LogP contribution in [0.4, 0.5) is 0 Å². The summed E-state index contributed by atoms with van der Waals surface area (Å²) >= 11 is 0. The second-order valence-corrected chi connectivity index (χ2v) is 5.30. The van der Waals surface area contributed by atoms with Gasteiger partial charge in [-0.1, -0.05) is 36.4 Å². The average Bonchev–Trinajstić information content (AvgIpc) is 2.51. The summed E-state index contributed by atoms with van der Waals surface area (Å²) in [7, 11) is 1.66. The van der Waals surface area contributed by atoms with Gasteiger partial charge in [0.1, 0.15) is 6.61 Å². The first-order valence-electron chi connectivity index (χ1n) is 7.43. The fourth-order valence-electron chi connectivity index (χ4n) is 2.79. The molecule has 3 nitrogen and oxygen atoms in total. The molecule has 1 unspecified atom stereocenters. The summed E-state index contributed by atoms with van der Waals surface area (Å²) < 4.78 is 11.0. The molecule has 0 saturated carbocycles. The Morgan fingerprint density at radius 1 is 1.05 bits per heavy atom. The van der Waals surface area contributed by atoms with Crippen LogP contribution >= 0.6 is 0 Å². The number of benzene rings is 2. The second kappa shape index (κ2) is 6.64. The monoisotopic (exact) mass is 283 g/mol. The minimum atomic E-state index is 0.648. The number of methoxy groups -OCH3 is 1. The Bertz CT molecular complexity index is 597. The first-order valence-corrected chi connectivity index (χ1v) is 7.43.